The Morgan fingerprint density at radius 1 is 0.947 bits per heavy atom. The Balaban J connectivity index is 2.41. The molecule has 0 spiro atoms. The number of nitrogens with one attached hydrogen (secondary N) is 2. The third kappa shape index (κ3) is 5.75. The zero-order valence-electron chi connectivity index (χ0n) is 13.4. The van der Waals surface area contributed by atoms with Gasteiger partial charge in [0.05, 0.1) is 20.1 Å². The Labute approximate surface area is 119 Å². The summed E-state index contributed by atoms with van der Waals surface area (Å²) >= 11 is 0. The molecule has 0 aromatic heterocycles. The molecule has 2 nitrogen and oxygen atoms in total. The van der Waals surface area contributed by atoms with Crippen LogP contribution in [-0.2, 0) is 6.54 Å². The molecular formula is C17H32N2+2. The highest BCUT2D eigenvalue weighted by Crippen LogP contribution is 2.14. The van der Waals surface area contributed by atoms with E-state index in [2.05, 4.69) is 59.0 Å². The SMILES string of the molecule is CC[NH+](CC)CC[NH+](C)Cc1ccc(C(C)C)cc1. The van der Waals surface area contributed by atoms with E-state index in [1.807, 2.05) is 0 Å². The second-order valence-electron chi connectivity index (χ2n) is 5.99. The molecule has 1 aromatic carbocycles. The molecule has 0 saturated carbocycles. The molecule has 0 aliphatic heterocycles. The molecule has 0 saturated heterocycles. The maximum atomic E-state index is 2.30. The second kappa shape index (κ2) is 8.34. The van der Waals surface area contributed by atoms with Crippen molar-refractivity contribution in [2.75, 3.05) is 33.2 Å². The third-order valence-electron chi connectivity index (χ3n) is 4.06. The molecule has 0 fully saturated rings. The predicted octanol–water partition coefficient (Wildman–Crippen LogP) is 0.749. The van der Waals surface area contributed by atoms with Crippen molar-refractivity contribution in [3.63, 3.8) is 0 Å². The number of rotatable bonds is 8. The van der Waals surface area contributed by atoms with Crippen molar-refractivity contribution in [1.29, 1.82) is 0 Å². The van der Waals surface area contributed by atoms with E-state index in [0.717, 1.165) is 6.54 Å². The minimum atomic E-state index is 0.630. The Bertz CT molecular complexity index is 339. The van der Waals surface area contributed by atoms with Crippen LogP contribution in [0.5, 0.6) is 0 Å². The van der Waals surface area contributed by atoms with Crippen molar-refractivity contribution in [2.45, 2.75) is 40.2 Å². The van der Waals surface area contributed by atoms with Gasteiger partial charge < -0.3 is 9.80 Å². The van der Waals surface area contributed by atoms with Gasteiger partial charge in [-0.2, -0.15) is 0 Å². The van der Waals surface area contributed by atoms with Gasteiger partial charge in [0.15, 0.2) is 0 Å². The normalized spacial score (nSPS) is 13.2. The standard InChI is InChI=1S/C17H30N2/c1-6-19(7-2)13-12-18(5)14-16-8-10-17(11-9-16)15(3)4/h8-11,15H,6-7,12-14H2,1-5H3/p+2. The average Bonchev–Trinajstić information content (AvgIpc) is 2.40. The Kier molecular flexibility index (Phi) is 7.11. The van der Waals surface area contributed by atoms with Gasteiger partial charge in [-0.1, -0.05) is 38.1 Å². The minimum Gasteiger partial charge on any atom is -0.331 e. The van der Waals surface area contributed by atoms with Crippen LogP contribution in [0.2, 0.25) is 0 Å². The van der Waals surface area contributed by atoms with Crippen molar-refractivity contribution in [1.82, 2.24) is 0 Å². The fourth-order valence-corrected chi connectivity index (χ4v) is 2.45. The molecule has 0 aliphatic carbocycles. The molecule has 19 heavy (non-hydrogen) atoms. The summed E-state index contributed by atoms with van der Waals surface area (Å²) in [4.78, 5) is 3.31. The fraction of sp³-hybridized carbons (Fsp3) is 0.647. The first kappa shape index (κ1) is 16.2. The Morgan fingerprint density at radius 3 is 2.00 bits per heavy atom. The lowest BCUT2D eigenvalue weighted by molar-refractivity contribution is -0.953. The molecule has 0 aliphatic rings. The van der Waals surface area contributed by atoms with Crippen LogP contribution >= 0.6 is 0 Å². The molecule has 0 bridgehead atoms. The van der Waals surface area contributed by atoms with Gasteiger partial charge in [-0.05, 0) is 25.3 Å². The summed E-state index contributed by atoms with van der Waals surface area (Å²) in [6.07, 6.45) is 0. The zero-order chi connectivity index (χ0) is 14.3. The van der Waals surface area contributed by atoms with Crippen LogP contribution < -0.4 is 9.80 Å². The van der Waals surface area contributed by atoms with Crippen molar-refractivity contribution < 1.29 is 9.80 Å². The van der Waals surface area contributed by atoms with Crippen LogP contribution in [-0.4, -0.2) is 33.2 Å². The van der Waals surface area contributed by atoms with Gasteiger partial charge in [0.25, 0.3) is 0 Å². The summed E-state index contributed by atoms with van der Waals surface area (Å²) < 4.78 is 0. The summed E-state index contributed by atoms with van der Waals surface area (Å²) in [6.45, 7) is 15.2. The van der Waals surface area contributed by atoms with E-state index < -0.39 is 0 Å². The molecule has 1 aromatic rings. The summed E-state index contributed by atoms with van der Waals surface area (Å²) in [5.41, 5.74) is 2.89. The van der Waals surface area contributed by atoms with E-state index in [-0.39, 0.29) is 0 Å². The van der Waals surface area contributed by atoms with E-state index in [0.29, 0.717) is 5.92 Å². The molecule has 2 heteroatoms. The van der Waals surface area contributed by atoms with E-state index >= 15 is 0 Å². The van der Waals surface area contributed by atoms with Gasteiger partial charge >= 0.3 is 0 Å². The lowest BCUT2D eigenvalue weighted by Gasteiger charge is -2.19. The van der Waals surface area contributed by atoms with Crippen LogP contribution in [0.3, 0.4) is 0 Å². The zero-order valence-corrected chi connectivity index (χ0v) is 13.4. The average molecular weight is 264 g/mol. The quantitative estimate of drug-likeness (QED) is 0.686. The molecule has 2 N–H and O–H groups in total. The van der Waals surface area contributed by atoms with Crippen molar-refractivity contribution >= 4 is 0 Å². The number of hydrogen-bond acceptors (Lipinski definition) is 0. The highest BCUT2D eigenvalue weighted by atomic mass is 15.2. The van der Waals surface area contributed by atoms with Gasteiger partial charge in [0, 0.05) is 5.56 Å². The van der Waals surface area contributed by atoms with Crippen LogP contribution in [0.15, 0.2) is 24.3 Å². The summed E-state index contributed by atoms with van der Waals surface area (Å²) in [5.74, 6) is 0.630. The smallest absolute Gasteiger partial charge is 0.127 e. The molecular weight excluding hydrogens is 232 g/mol. The summed E-state index contributed by atoms with van der Waals surface area (Å²) in [7, 11) is 2.30. The molecule has 1 rings (SSSR count). The van der Waals surface area contributed by atoms with Gasteiger partial charge in [-0.15, -0.1) is 0 Å². The van der Waals surface area contributed by atoms with Crippen molar-refractivity contribution in [3.05, 3.63) is 35.4 Å². The van der Waals surface area contributed by atoms with Crippen molar-refractivity contribution in [3.8, 4) is 0 Å². The third-order valence-corrected chi connectivity index (χ3v) is 4.06. The van der Waals surface area contributed by atoms with Crippen LogP contribution in [0, 0.1) is 0 Å². The van der Waals surface area contributed by atoms with Gasteiger partial charge in [0.1, 0.15) is 19.6 Å². The van der Waals surface area contributed by atoms with E-state index in [4.69, 9.17) is 0 Å². The predicted molar refractivity (Wildman–Crippen MR) is 82.9 cm³/mol. The first-order chi connectivity index (χ1) is 9.06. The first-order valence-electron chi connectivity index (χ1n) is 7.80. The molecule has 0 amide bonds. The molecule has 0 heterocycles. The topological polar surface area (TPSA) is 8.88 Å². The maximum absolute atomic E-state index is 2.30. The van der Waals surface area contributed by atoms with Gasteiger partial charge in [-0.3, -0.25) is 0 Å². The van der Waals surface area contributed by atoms with Crippen LogP contribution in [0.4, 0.5) is 0 Å². The molecule has 0 radical (unpaired) electrons. The molecule has 1 atom stereocenters. The molecule has 1 unspecified atom stereocenters. The summed E-state index contributed by atoms with van der Waals surface area (Å²) in [6, 6.07) is 9.15. The lowest BCUT2D eigenvalue weighted by atomic mass is 10.0. The maximum Gasteiger partial charge on any atom is 0.127 e. The van der Waals surface area contributed by atoms with Crippen molar-refractivity contribution in [2.24, 2.45) is 0 Å². The van der Waals surface area contributed by atoms with Gasteiger partial charge in [-0.25, -0.2) is 0 Å². The second-order valence-corrected chi connectivity index (χ2v) is 5.99. The fourth-order valence-electron chi connectivity index (χ4n) is 2.45. The Hall–Kier alpha value is -0.860. The number of hydrogen-bond donors (Lipinski definition) is 2. The summed E-state index contributed by atoms with van der Waals surface area (Å²) in [5, 5.41) is 0. The van der Waals surface area contributed by atoms with Gasteiger partial charge in [0.2, 0.25) is 0 Å². The van der Waals surface area contributed by atoms with Crippen LogP contribution in [0.1, 0.15) is 44.7 Å². The monoisotopic (exact) mass is 264 g/mol. The number of quaternary nitrogens is 2. The van der Waals surface area contributed by atoms with E-state index in [1.54, 1.807) is 9.80 Å². The largest absolute Gasteiger partial charge is 0.331 e. The highest BCUT2D eigenvalue weighted by molar-refractivity contribution is 5.23. The van der Waals surface area contributed by atoms with E-state index in [1.165, 1.54) is 37.3 Å². The van der Waals surface area contributed by atoms with Crippen LogP contribution in [0.25, 0.3) is 0 Å². The van der Waals surface area contributed by atoms with E-state index in [9.17, 15) is 0 Å². The Morgan fingerprint density at radius 2 is 1.53 bits per heavy atom. The molecule has 108 valence electrons. The number of benzene rings is 1. The highest BCUT2D eigenvalue weighted by Gasteiger charge is 2.09. The number of likely N-dealkylation sites (N-methyl/N-ethyl adjacent to an activating group) is 2. The first-order valence-corrected chi connectivity index (χ1v) is 7.80. The lowest BCUT2D eigenvalue weighted by Crippen LogP contribution is -3.18. The minimum absolute atomic E-state index is 0.630.